The number of ether oxygens (including phenoxy) is 2. The Morgan fingerprint density at radius 1 is 0.344 bits per heavy atom. The van der Waals surface area contributed by atoms with Crippen LogP contribution < -0.4 is 14.4 Å². The highest BCUT2D eigenvalue weighted by atomic mass is 16.6. The van der Waals surface area contributed by atoms with Crippen molar-refractivity contribution in [3.8, 4) is 67.5 Å². The van der Waals surface area contributed by atoms with Gasteiger partial charge >= 0.3 is 0 Å². The van der Waals surface area contributed by atoms with Crippen molar-refractivity contribution in [1.29, 1.82) is 0 Å². The predicted octanol–water partition coefficient (Wildman–Crippen LogP) is 15.4. The van der Waals surface area contributed by atoms with Gasteiger partial charge in [0.1, 0.15) is 0 Å². The Balaban J connectivity index is 0.967. The number of hydrogen-bond donors (Lipinski definition) is 0. The van der Waals surface area contributed by atoms with Crippen molar-refractivity contribution in [2.75, 3.05) is 4.90 Å². The van der Waals surface area contributed by atoms with E-state index in [9.17, 15) is 0 Å². The van der Waals surface area contributed by atoms with Crippen LogP contribution in [0.2, 0.25) is 0 Å². The lowest BCUT2D eigenvalue weighted by atomic mass is 9.70. The Morgan fingerprint density at radius 2 is 0.869 bits per heavy atom. The van der Waals surface area contributed by atoms with Gasteiger partial charge in [0.25, 0.3) is 0 Å². The Bertz CT molecular complexity index is 3260. The second-order valence-corrected chi connectivity index (χ2v) is 17.2. The maximum Gasteiger partial charge on any atom is 0.194 e. The van der Waals surface area contributed by atoms with Gasteiger partial charge in [-0.25, -0.2) is 0 Å². The quantitative estimate of drug-likeness (QED) is 0.177. The highest BCUT2D eigenvalue weighted by molar-refractivity contribution is 5.97. The molecular formula is C58H39NO2. The molecule has 0 atom stereocenters. The van der Waals surface area contributed by atoms with Crippen LogP contribution in [0.3, 0.4) is 0 Å². The van der Waals surface area contributed by atoms with Crippen LogP contribution in [-0.2, 0) is 10.8 Å². The maximum absolute atomic E-state index is 7.17. The second kappa shape index (κ2) is 12.5. The number of nitrogens with zero attached hydrogens (tertiary/aromatic N) is 1. The van der Waals surface area contributed by atoms with Crippen molar-refractivity contribution < 1.29 is 9.47 Å². The molecular weight excluding hydrogens is 743 g/mol. The molecule has 1 spiro atoms. The third-order valence-electron chi connectivity index (χ3n) is 13.7. The van der Waals surface area contributed by atoms with E-state index in [4.69, 9.17) is 9.47 Å². The van der Waals surface area contributed by atoms with E-state index in [2.05, 4.69) is 213 Å². The van der Waals surface area contributed by atoms with E-state index in [0.29, 0.717) is 23.0 Å². The average Bonchev–Trinajstić information content (AvgIpc) is 3.86. The summed E-state index contributed by atoms with van der Waals surface area (Å²) in [6.45, 7) is 4.68. The summed E-state index contributed by atoms with van der Waals surface area (Å²) in [6.07, 6.45) is 0. The van der Waals surface area contributed by atoms with Gasteiger partial charge in [0, 0.05) is 16.7 Å². The lowest BCUT2D eigenvalue weighted by Gasteiger charge is -2.33. The molecule has 61 heavy (non-hydrogen) atoms. The van der Waals surface area contributed by atoms with Crippen LogP contribution >= 0.6 is 0 Å². The standard InChI is InChI=1S/C58H39NO2/c1-57(2)45-24-11-6-20-39(45)43-32-31-36(33-49(43)57)38-19-10-15-28-51(38)59(37-17-4-3-5-18-37)52-29-16-30-53-56(52)61-54-34-44-42-23-9-14-27-48(42)58(50(44)35-55(54)60-53)46-25-12-7-21-40(46)41-22-8-13-26-47(41)58/h3-35H,1-2H3. The van der Waals surface area contributed by atoms with Gasteiger partial charge in [0.05, 0.1) is 16.8 Å². The Hall–Kier alpha value is -7.62. The molecule has 0 fully saturated rings. The minimum atomic E-state index is -0.469. The molecule has 288 valence electrons. The molecule has 0 N–H and O–H groups in total. The number of hydrogen-bond acceptors (Lipinski definition) is 3. The summed E-state index contributed by atoms with van der Waals surface area (Å²) in [4.78, 5) is 2.32. The van der Waals surface area contributed by atoms with Crippen LogP contribution in [0.25, 0.3) is 44.5 Å². The van der Waals surface area contributed by atoms with Gasteiger partial charge in [-0.05, 0) is 121 Å². The first-order valence-electron chi connectivity index (χ1n) is 21.2. The van der Waals surface area contributed by atoms with E-state index in [1.54, 1.807) is 0 Å². The van der Waals surface area contributed by atoms with E-state index in [0.717, 1.165) is 28.2 Å². The molecule has 3 aliphatic carbocycles. The molecule has 0 unspecified atom stereocenters. The molecule has 0 saturated heterocycles. The number of anilines is 3. The van der Waals surface area contributed by atoms with Crippen LogP contribution in [0.15, 0.2) is 200 Å². The van der Waals surface area contributed by atoms with Gasteiger partial charge in [-0.15, -0.1) is 0 Å². The molecule has 0 amide bonds. The van der Waals surface area contributed by atoms with Crippen molar-refractivity contribution in [3.63, 3.8) is 0 Å². The molecule has 9 aromatic carbocycles. The minimum absolute atomic E-state index is 0.113. The molecule has 1 aliphatic heterocycles. The van der Waals surface area contributed by atoms with Crippen LogP contribution in [0.1, 0.15) is 47.2 Å². The smallest absolute Gasteiger partial charge is 0.194 e. The molecule has 3 heteroatoms. The SMILES string of the molecule is CC1(C)c2ccccc2-c2ccc(-c3ccccc3N(c3ccccc3)c3cccc4c3Oc3cc5c(cc3O4)C3(c4ccccc4-c4ccccc43)c3ccccc3-5)cc21. The van der Waals surface area contributed by atoms with E-state index in [1.165, 1.54) is 66.8 Å². The number of rotatable bonds is 4. The van der Waals surface area contributed by atoms with Crippen LogP contribution in [0.4, 0.5) is 17.1 Å². The van der Waals surface area contributed by atoms with Crippen molar-refractivity contribution in [2.45, 2.75) is 24.7 Å². The second-order valence-electron chi connectivity index (χ2n) is 17.2. The lowest BCUT2D eigenvalue weighted by Crippen LogP contribution is -2.25. The summed E-state index contributed by atoms with van der Waals surface area (Å²) in [5.41, 5.74) is 20.1. The zero-order valence-electron chi connectivity index (χ0n) is 33.8. The zero-order valence-corrected chi connectivity index (χ0v) is 33.8. The minimum Gasteiger partial charge on any atom is -0.449 e. The van der Waals surface area contributed by atoms with Crippen LogP contribution in [0.5, 0.6) is 23.0 Å². The van der Waals surface area contributed by atoms with Gasteiger partial charge < -0.3 is 14.4 Å². The Morgan fingerprint density at radius 3 is 1.56 bits per heavy atom. The summed E-state index contributed by atoms with van der Waals surface area (Å²) < 4.78 is 14.2. The summed E-state index contributed by atoms with van der Waals surface area (Å²) in [5.74, 6) is 2.77. The molecule has 0 saturated carbocycles. The van der Waals surface area contributed by atoms with Gasteiger partial charge in [-0.2, -0.15) is 0 Å². The van der Waals surface area contributed by atoms with Gasteiger partial charge in [-0.3, -0.25) is 0 Å². The molecule has 0 aromatic heterocycles. The number of fused-ring (bicyclic) bond motifs is 15. The molecule has 13 rings (SSSR count). The van der Waals surface area contributed by atoms with E-state index >= 15 is 0 Å². The monoisotopic (exact) mass is 781 g/mol. The molecule has 4 aliphatic rings. The summed E-state index contributed by atoms with van der Waals surface area (Å²) in [7, 11) is 0. The largest absolute Gasteiger partial charge is 0.449 e. The van der Waals surface area contributed by atoms with Gasteiger partial charge in [0.2, 0.25) is 0 Å². The topological polar surface area (TPSA) is 21.7 Å². The van der Waals surface area contributed by atoms with E-state index < -0.39 is 5.41 Å². The normalized spacial score (nSPS) is 14.6. The van der Waals surface area contributed by atoms with Gasteiger partial charge in [0.15, 0.2) is 23.0 Å². The third-order valence-corrected chi connectivity index (χ3v) is 13.7. The number of benzene rings is 9. The Labute approximate surface area is 355 Å². The van der Waals surface area contributed by atoms with Crippen molar-refractivity contribution in [3.05, 3.63) is 234 Å². The zero-order chi connectivity index (χ0) is 40.5. The maximum atomic E-state index is 7.17. The van der Waals surface area contributed by atoms with Crippen LogP contribution in [0, 0.1) is 0 Å². The highest BCUT2D eigenvalue weighted by Crippen LogP contribution is 2.65. The first-order valence-corrected chi connectivity index (χ1v) is 21.2. The predicted molar refractivity (Wildman–Crippen MR) is 247 cm³/mol. The van der Waals surface area contributed by atoms with Crippen molar-refractivity contribution in [2.24, 2.45) is 0 Å². The molecule has 9 aromatic rings. The third kappa shape index (κ3) is 4.58. The van der Waals surface area contributed by atoms with E-state index in [1.807, 2.05) is 6.07 Å². The van der Waals surface area contributed by atoms with Crippen molar-refractivity contribution in [1.82, 2.24) is 0 Å². The summed E-state index contributed by atoms with van der Waals surface area (Å²) in [5, 5.41) is 0. The molecule has 0 radical (unpaired) electrons. The fourth-order valence-electron chi connectivity index (χ4n) is 11.1. The Kier molecular flexibility index (Phi) is 6.99. The first-order chi connectivity index (χ1) is 30.0. The fraction of sp³-hybridized carbons (Fsp3) is 0.0690. The van der Waals surface area contributed by atoms with E-state index in [-0.39, 0.29) is 5.41 Å². The summed E-state index contributed by atoms with van der Waals surface area (Å²) in [6, 6.07) is 72.5. The first kappa shape index (κ1) is 34.3. The molecule has 1 heterocycles. The highest BCUT2D eigenvalue weighted by Gasteiger charge is 2.52. The summed E-state index contributed by atoms with van der Waals surface area (Å²) >= 11 is 0. The van der Waals surface area contributed by atoms with Gasteiger partial charge in [-0.1, -0.05) is 166 Å². The fourth-order valence-corrected chi connectivity index (χ4v) is 11.1. The average molecular weight is 782 g/mol. The van der Waals surface area contributed by atoms with Crippen LogP contribution in [-0.4, -0.2) is 0 Å². The lowest BCUT2D eigenvalue weighted by molar-refractivity contribution is 0.360. The number of para-hydroxylation sites is 3. The molecule has 3 nitrogen and oxygen atoms in total. The van der Waals surface area contributed by atoms with Crippen molar-refractivity contribution >= 4 is 17.1 Å². The molecule has 0 bridgehead atoms.